The Morgan fingerprint density at radius 1 is 1.08 bits per heavy atom. The van der Waals surface area contributed by atoms with Crippen molar-refractivity contribution in [2.75, 3.05) is 32.9 Å². The topological polar surface area (TPSA) is 50.8 Å². The number of rotatable bonds is 7. The van der Waals surface area contributed by atoms with Crippen molar-refractivity contribution in [3.8, 4) is 5.75 Å². The Morgan fingerprint density at radius 2 is 1.77 bits per heavy atom. The van der Waals surface area contributed by atoms with Crippen molar-refractivity contribution in [3.63, 3.8) is 0 Å². The summed E-state index contributed by atoms with van der Waals surface area (Å²) in [6.45, 7) is 7.44. The molecule has 1 N–H and O–H groups in total. The van der Waals surface area contributed by atoms with Crippen molar-refractivity contribution in [2.24, 2.45) is 0 Å². The highest BCUT2D eigenvalue weighted by Crippen LogP contribution is 2.14. The van der Waals surface area contributed by atoms with Gasteiger partial charge in [0.2, 0.25) is 0 Å². The molecule has 1 aliphatic heterocycles. The van der Waals surface area contributed by atoms with Gasteiger partial charge in [0.05, 0.1) is 19.8 Å². The van der Waals surface area contributed by atoms with E-state index in [0.717, 1.165) is 44.2 Å². The van der Waals surface area contributed by atoms with Gasteiger partial charge in [-0.15, -0.1) is 0 Å². The molecule has 1 fully saturated rings. The molecule has 1 saturated heterocycles. The van der Waals surface area contributed by atoms with E-state index in [-0.39, 0.29) is 5.91 Å². The van der Waals surface area contributed by atoms with Crippen molar-refractivity contribution < 1.29 is 14.3 Å². The van der Waals surface area contributed by atoms with Crippen LogP contribution in [-0.4, -0.2) is 43.7 Å². The summed E-state index contributed by atoms with van der Waals surface area (Å²) < 4.78 is 10.8. The second kappa shape index (κ2) is 9.36. The molecule has 0 radical (unpaired) electrons. The Balaban J connectivity index is 1.59. The first-order valence-corrected chi connectivity index (χ1v) is 9.14. The maximum Gasteiger partial charge on any atom is 0.251 e. The highest BCUT2D eigenvalue weighted by atomic mass is 16.5. The Bertz CT molecular complexity index is 709. The summed E-state index contributed by atoms with van der Waals surface area (Å²) in [5, 5.41) is 3.02. The molecule has 0 aromatic heterocycles. The zero-order valence-electron chi connectivity index (χ0n) is 15.2. The number of nitrogens with one attached hydrogen (secondary N) is 1. The lowest BCUT2D eigenvalue weighted by molar-refractivity contribution is 0.0340. The number of ether oxygens (including phenoxy) is 2. The van der Waals surface area contributed by atoms with Gasteiger partial charge in [0.1, 0.15) is 5.75 Å². The smallest absolute Gasteiger partial charge is 0.251 e. The average molecular weight is 354 g/mol. The lowest BCUT2D eigenvalue weighted by atomic mass is 10.1. The molecule has 2 aromatic rings. The number of morpholine rings is 1. The predicted octanol–water partition coefficient (Wildman–Crippen LogP) is 2.85. The molecule has 26 heavy (non-hydrogen) atoms. The van der Waals surface area contributed by atoms with Crippen LogP contribution in [0.5, 0.6) is 5.75 Å². The minimum Gasteiger partial charge on any atom is -0.494 e. The molecule has 138 valence electrons. The Kier molecular flexibility index (Phi) is 6.63. The maximum atomic E-state index is 12.4. The van der Waals surface area contributed by atoms with E-state index in [4.69, 9.17) is 9.47 Å². The van der Waals surface area contributed by atoms with Crippen molar-refractivity contribution in [1.29, 1.82) is 0 Å². The average Bonchev–Trinajstić information content (AvgIpc) is 2.69. The van der Waals surface area contributed by atoms with Crippen molar-refractivity contribution in [1.82, 2.24) is 10.2 Å². The largest absolute Gasteiger partial charge is 0.494 e. The third-order valence-corrected chi connectivity index (χ3v) is 4.48. The van der Waals surface area contributed by atoms with Gasteiger partial charge in [-0.2, -0.15) is 0 Å². The molecular formula is C21H26N2O3. The molecule has 5 nitrogen and oxygen atoms in total. The Labute approximate surface area is 154 Å². The molecule has 1 aliphatic rings. The SMILES string of the molecule is CCOc1ccc(C(=O)NCc2ccccc2CN2CCOCC2)cc1. The summed E-state index contributed by atoms with van der Waals surface area (Å²) in [6, 6.07) is 15.5. The molecule has 3 rings (SSSR count). The maximum absolute atomic E-state index is 12.4. The van der Waals surface area contributed by atoms with Crippen LogP contribution in [0.25, 0.3) is 0 Å². The van der Waals surface area contributed by atoms with Gasteiger partial charge < -0.3 is 14.8 Å². The number of benzene rings is 2. The van der Waals surface area contributed by atoms with E-state index in [2.05, 4.69) is 22.3 Å². The third kappa shape index (κ3) is 5.07. The van der Waals surface area contributed by atoms with Crippen LogP contribution in [-0.2, 0) is 17.8 Å². The number of hydrogen-bond acceptors (Lipinski definition) is 4. The molecule has 0 atom stereocenters. The van der Waals surface area contributed by atoms with Gasteiger partial charge >= 0.3 is 0 Å². The van der Waals surface area contributed by atoms with Gasteiger partial charge in [0, 0.05) is 31.7 Å². The number of nitrogens with zero attached hydrogens (tertiary/aromatic N) is 1. The fourth-order valence-corrected chi connectivity index (χ4v) is 3.03. The van der Waals surface area contributed by atoms with Gasteiger partial charge in [-0.05, 0) is 42.3 Å². The zero-order valence-corrected chi connectivity index (χ0v) is 15.2. The van der Waals surface area contributed by atoms with Crippen LogP contribution >= 0.6 is 0 Å². The molecule has 2 aromatic carbocycles. The number of hydrogen-bond donors (Lipinski definition) is 1. The summed E-state index contributed by atoms with van der Waals surface area (Å²) in [4.78, 5) is 14.8. The second-order valence-electron chi connectivity index (χ2n) is 6.30. The first kappa shape index (κ1) is 18.4. The van der Waals surface area contributed by atoms with Crippen LogP contribution in [0.2, 0.25) is 0 Å². The molecular weight excluding hydrogens is 328 g/mol. The first-order chi connectivity index (χ1) is 12.8. The summed E-state index contributed by atoms with van der Waals surface area (Å²) in [5.41, 5.74) is 3.04. The van der Waals surface area contributed by atoms with Crippen LogP contribution in [0.15, 0.2) is 48.5 Å². The van der Waals surface area contributed by atoms with Crippen molar-refractivity contribution in [2.45, 2.75) is 20.0 Å². The van der Waals surface area contributed by atoms with E-state index < -0.39 is 0 Å². The van der Waals surface area contributed by atoms with E-state index in [1.165, 1.54) is 5.56 Å². The van der Waals surface area contributed by atoms with Crippen LogP contribution in [0.1, 0.15) is 28.4 Å². The van der Waals surface area contributed by atoms with Crippen LogP contribution in [0.3, 0.4) is 0 Å². The van der Waals surface area contributed by atoms with Gasteiger partial charge in [-0.3, -0.25) is 9.69 Å². The minimum atomic E-state index is -0.0748. The molecule has 0 saturated carbocycles. The standard InChI is InChI=1S/C21H26N2O3/c1-2-26-20-9-7-17(8-10-20)21(24)22-15-18-5-3-4-6-19(18)16-23-11-13-25-14-12-23/h3-10H,2,11-16H2,1H3,(H,22,24). The third-order valence-electron chi connectivity index (χ3n) is 4.48. The van der Waals surface area contributed by atoms with Gasteiger partial charge in [0.25, 0.3) is 5.91 Å². The molecule has 0 aliphatic carbocycles. The van der Waals surface area contributed by atoms with Crippen LogP contribution < -0.4 is 10.1 Å². The number of amides is 1. The predicted molar refractivity (Wildman–Crippen MR) is 101 cm³/mol. The van der Waals surface area contributed by atoms with E-state index in [0.29, 0.717) is 18.7 Å². The summed E-state index contributed by atoms with van der Waals surface area (Å²) in [6.07, 6.45) is 0. The minimum absolute atomic E-state index is 0.0748. The van der Waals surface area contributed by atoms with E-state index in [1.807, 2.05) is 31.2 Å². The van der Waals surface area contributed by atoms with Gasteiger partial charge in [-0.1, -0.05) is 24.3 Å². The lowest BCUT2D eigenvalue weighted by Crippen LogP contribution is -2.36. The summed E-state index contributed by atoms with van der Waals surface area (Å²) in [5.74, 6) is 0.703. The molecule has 5 heteroatoms. The summed E-state index contributed by atoms with van der Waals surface area (Å²) in [7, 11) is 0. The van der Waals surface area contributed by atoms with E-state index >= 15 is 0 Å². The highest BCUT2D eigenvalue weighted by Gasteiger charge is 2.13. The van der Waals surface area contributed by atoms with Crippen LogP contribution in [0, 0.1) is 0 Å². The van der Waals surface area contributed by atoms with Crippen molar-refractivity contribution in [3.05, 3.63) is 65.2 Å². The number of carbonyl (C=O) groups is 1. The van der Waals surface area contributed by atoms with E-state index in [9.17, 15) is 4.79 Å². The van der Waals surface area contributed by atoms with Gasteiger partial charge in [-0.25, -0.2) is 0 Å². The Morgan fingerprint density at radius 3 is 2.46 bits per heavy atom. The van der Waals surface area contributed by atoms with Crippen molar-refractivity contribution >= 4 is 5.91 Å². The zero-order chi connectivity index (χ0) is 18.2. The van der Waals surface area contributed by atoms with E-state index in [1.54, 1.807) is 12.1 Å². The Hall–Kier alpha value is -2.37. The molecule has 0 spiro atoms. The summed E-state index contributed by atoms with van der Waals surface area (Å²) >= 11 is 0. The normalized spacial score (nSPS) is 14.8. The fraction of sp³-hybridized carbons (Fsp3) is 0.381. The quantitative estimate of drug-likeness (QED) is 0.831. The molecule has 1 amide bonds. The van der Waals surface area contributed by atoms with Crippen LogP contribution in [0.4, 0.5) is 0 Å². The monoisotopic (exact) mass is 354 g/mol. The molecule has 0 bridgehead atoms. The molecule has 0 unspecified atom stereocenters. The highest BCUT2D eigenvalue weighted by molar-refractivity contribution is 5.94. The van der Waals surface area contributed by atoms with Gasteiger partial charge in [0.15, 0.2) is 0 Å². The number of carbonyl (C=O) groups excluding carboxylic acids is 1. The lowest BCUT2D eigenvalue weighted by Gasteiger charge is -2.27. The first-order valence-electron chi connectivity index (χ1n) is 9.14. The fourth-order valence-electron chi connectivity index (χ4n) is 3.03. The molecule has 1 heterocycles. The second-order valence-corrected chi connectivity index (χ2v) is 6.30.